The zero-order valence-corrected chi connectivity index (χ0v) is 69.5. The molecule has 656 valence electrons. The molecule has 0 unspecified atom stereocenters. The summed E-state index contributed by atoms with van der Waals surface area (Å²) < 4.78 is 0. The number of hydrogen-bond donors (Lipinski definition) is 25. The van der Waals surface area contributed by atoms with Crippen LogP contribution in [0.5, 0.6) is 0 Å². The lowest BCUT2D eigenvalue weighted by Gasteiger charge is -2.29. The third kappa shape index (κ3) is 48.8. The number of carbonyl (C=O) groups excluding carboxylic acids is 12. The van der Waals surface area contributed by atoms with Crippen molar-refractivity contribution in [2.45, 2.75) is 271 Å². The third-order valence-corrected chi connectivity index (χ3v) is 17.3. The fraction of sp³-hybridized carbons (Fsp3) is 0.750. The summed E-state index contributed by atoms with van der Waals surface area (Å²) in [6.07, 6.45) is 0.821. The van der Waals surface area contributed by atoms with Crippen molar-refractivity contribution in [3.05, 3.63) is 0 Å². The van der Waals surface area contributed by atoms with Gasteiger partial charge in [-0.1, -0.05) is 83.1 Å². The Morgan fingerprint density at radius 3 is 0.504 bits per heavy atom. The zero-order valence-electron chi connectivity index (χ0n) is 69.5. The van der Waals surface area contributed by atoms with Crippen molar-refractivity contribution in [3.8, 4) is 0 Å². The molecule has 0 saturated heterocycles. The third-order valence-electron chi connectivity index (χ3n) is 17.3. The Morgan fingerprint density at radius 2 is 0.348 bits per heavy atom. The molecule has 0 aromatic rings. The van der Waals surface area contributed by atoms with Crippen LogP contribution in [0.15, 0.2) is 30.0 Å². The maximum Gasteiger partial charge on any atom is 0.243 e. The van der Waals surface area contributed by atoms with E-state index >= 15 is 0 Å². The van der Waals surface area contributed by atoms with Crippen LogP contribution in [-0.4, -0.2) is 218 Å². The van der Waals surface area contributed by atoms with E-state index in [2.05, 4.69) is 88.4 Å². The van der Waals surface area contributed by atoms with E-state index in [-0.39, 0.29) is 220 Å². The van der Waals surface area contributed by atoms with Gasteiger partial charge < -0.3 is 139 Å². The van der Waals surface area contributed by atoms with E-state index in [0.29, 0.717) is 6.42 Å². The van der Waals surface area contributed by atoms with E-state index in [1.807, 2.05) is 27.7 Å². The molecule has 0 radical (unpaired) electrons. The molecule has 0 spiro atoms. The fourth-order valence-electron chi connectivity index (χ4n) is 11.8. The first kappa shape index (κ1) is 104. The molecule has 0 aromatic heterocycles. The predicted molar refractivity (Wildman–Crippen MR) is 445 cm³/mol. The number of guanidine groups is 6. The van der Waals surface area contributed by atoms with Gasteiger partial charge in [0.05, 0.1) is 6.04 Å². The Hall–Kier alpha value is -10.8. The largest absolute Gasteiger partial charge is 0.370 e. The summed E-state index contributed by atoms with van der Waals surface area (Å²) in [5, 5.41) is 30.0. The van der Waals surface area contributed by atoms with Gasteiger partial charge in [0.1, 0.15) is 66.5 Å². The maximum absolute atomic E-state index is 14.9. The van der Waals surface area contributed by atoms with Gasteiger partial charge in [0.15, 0.2) is 35.8 Å². The quantitative estimate of drug-likeness (QED) is 0.0153. The Kier molecular flexibility index (Phi) is 51.2. The highest BCUT2D eigenvalue weighted by Gasteiger charge is 2.38. The Morgan fingerprint density at radius 1 is 0.209 bits per heavy atom. The number of hydrogen-bond acceptors (Lipinski definition) is 19. The summed E-state index contributed by atoms with van der Waals surface area (Å²) in [6.45, 7) is 21.9. The van der Waals surface area contributed by atoms with Gasteiger partial charge in [0.25, 0.3) is 0 Å². The monoisotopic (exact) mass is 1630 g/mol. The average molecular weight is 1630 g/mol. The van der Waals surface area contributed by atoms with E-state index in [0.717, 1.165) is 0 Å². The highest BCUT2D eigenvalue weighted by molar-refractivity contribution is 6.00. The topological polar surface area (TPSA) is 776 Å². The first-order valence-electron chi connectivity index (χ1n) is 39.4. The summed E-state index contributed by atoms with van der Waals surface area (Å²) in [6, 6.07) is -15.8. The average Bonchev–Trinajstić information content (AvgIpc) is 0.859. The van der Waals surface area contributed by atoms with Gasteiger partial charge in [-0.25, -0.2) is 0 Å². The molecule has 0 aliphatic carbocycles. The standard InChI is InChI=1S/C72H141N31O12/c1-37(2)31-43(73)56(105)99-50(32-38(3)4)62(111)97-46(21-15-27-89-69(79)80)58(107)94-48(23-17-29-91-71(83)84)60(109)101-54(36-42(11)12)66(115)103-52(34-40(7)8)64(113)98-47(22-16-28-90-70(81)82)59(108)95-49(24-18-30-92-72(85)86)61(110)100-53(35-41(9)10)65(114)102-51(33-39(5)6)63(112)96-45(20-14-26-88-68(77)78)57(106)93-44(55(74)104)19-13-25-87-67(75)76/h37-54H,13-36,73H2,1-12H3,(H2,74,104)(H,93,106)(H,94,107)(H,95,108)(H,96,112)(H,97,111)(H,98,113)(H,99,105)(H,100,110)(H,101,109)(H,102,114)(H,103,115)(H4,75,76,87)(H4,77,78,88)(H4,79,80,89)(H4,81,82,90)(H4,83,84,91)(H4,85,86,92)/t43-,44-,45-,46-,47-,48-,49-,50-,51-,52-,53-,54-/m0/s1. The van der Waals surface area contributed by atoms with E-state index in [1.54, 1.807) is 55.4 Å². The van der Waals surface area contributed by atoms with Crippen LogP contribution in [-0.2, 0) is 57.5 Å². The summed E-state index contributed by atoms with van der Waals surface area (Å²) in [4.78, 5) is 196. The minimum absolute atomic E-state index is 0.00830. The molecule has 0 aliphatic heterocycles. The molecule has 0 heterocycles. The molecule has 0 aliphatic rings. The lowest BCUT2D eigenvalue weighted by Crippen LogP contribution is -2.61. The van der Waals surface area contributed by atoms with E-state index in [1.165, 1.54) is 0 Å². The number of nitrogens with zero attached hydrogens (tertiary/aromatic N) is 6. The van der Waals surface area contributed by atoms with Crippen LogP contribution >= 0.6 is 0 Å². The number of rotatable bonds is 59. The number of amides is 12. The van der Waals surface area contributed by atoms with E-state index in [4.69, 9.17) is 80.3 Å². The summed E-state index contributed by atoms with van der Waals surface area (Å²) in [5.74, 6) is -12.3. The molecule has 0 bridgehead atoms. The second-order valence-electron chi connectivity index (χ2n) is 31.2. The molecule has 12 atom stereocenters. The molecule has 0 rings (SSSR count). The minimum atomic E-state index is -1.48. The number of nitrogens with one attached hydrogen (secondary N) is 11. The van der Waals surface area contributed by atoms with Crippen molar-refractivity contribution in [1.29, 1.82) is 0 Å². The van der Waals surface area contributed by atoms with Crippen molar-refractivity contribution in [3.63, 3.8) is 0 Å². The fourth-order valence-corrected chi connectivity index (χ4v) is 11.8. The molecular formula is C72H141N31O12. The minimum Gasteiger partial charge on any atom is -0.370 e. The second-order valence-corrected chi connectivity index (χ2v) is 31.2. The van der Waals surface area contributed by atoms with Crippen molar-refractivity contribution < 1.29 is 57.5 Å². The van der Waals surface area contributed by atoms with Crippen LogP contribution in [0, 0.1) is 35.5 Å². The van der Waals surface area contributed by atoms with Gasteiger partial charge in [0.2, 0.25) is 70.9 Å². The number of aliphatic imine (C=N–C) groups is 6. The first-order chi connectivity index (χ1) is 53.7. The van der Waals surface area contributed by atoms with Crippen LogP contribution in [0.3, 0.4) is 0 Å². The van der Waals surface area contributed by atoms with Crippen LogP contribution < -0.4 is 139 Å². The Bertz CT molecular complexity index is 3250. The van der Waals surface area contributed by atoms with E-state index < -0.39 is 143 Å². The van der Waals surface area contributed by atoms with Gasteiger partial charge >= 0.3 is 0 Å². The number of carbonyl (C=O) groups is 12. The highest BCUT2D eigenvalue weighted by Crippen LogP contribution is 2.17. The van der Waals surface area contributed by atoms with Gasteiger partial charge in [-0.3, -0.25) is 87.5 Å². The van der Waals surface area contributed by atoms with Gasteiger partial charge in [-0.2, -0.15) is 0 Å². The summed E-state index contributed by atoms with van der Waals surface area (Å²) in [7, 11) is 0. The zero-order chi connectivity index (χ0) is 87.8. The molecule has 115 heavy (non-hydrogen) atoms. The van der Waals surface area contributed by atoms with Gasteiger partial charge in [-0.15, -0.1) is 0 Å². The molecule has 39 N–H and O–H groups in total. The molecule has 0 fully saturated rings. The maximum atomic E-state index is 14.9. The Balaban J connectivity index is 7.69. The molecule has 0 saturated carbocycles. The van der Waals surface area contributed by atoms with Gasteiger partial charge in [0, 0.05) is 39.3 Å². The molecule has 12 amide bonds. The molecule has 0 aromatic carbocycles. The van der Waals surface area contributed by atoms with E-state index in [9.17, 15) is 57.5 Å². The van der Waals surface area contributed by atoms with Crippen LogP contribution in [0.1, 0.15) is 199 Å². The predicted octanol–water partition coefficient (Wildman–Crippen LogP) is -6.27. The molecule has 43 nitrogen and oxygen atoms in total. The SMILES string of the molecule is CC(C)C[C@H](NC(=O)[C@H](CC(C)C)NC(=O)[C@H](CCCN=C(N)N)NC(=O)[C@H](CCCN=C(N)N)NC(=O)[C@H](CC(C)C)NC(=O)[C@H](CC(C)C)NC(=O)[C@H](CCCN=C(N)N)NC(=O)[C@H](CCCN=C(N)N)NC(=O)[C@H](CC(C)C)NC(=O)[C@@H](N)CC(C)C)C(=O)N[C@@H](CCCN=C(N)N)C(=O)N[C@@H](CCCN=C(N)N)C(N)=O. The van der Waals surface area contributed by atoms with Gasteiger partial charge in [-0.05, 0) is 151 Å². The van der Waals surface area contributed by atoms with Crippen molar-refractivity contribution >= 4 is 107 Å². The van der Waals surface area contributed by atoms with Crippen LogP contribution in [0.25, 0.3) is 0 Å². The van der Waals surface area contributed by atoms with Crippen LogP contribution in [0.2, 0.25) is 0 Å². The molecular weight excluding hydrogens is 1490 g/mol. The highest BCUT2D eigenvalue weighted by atomic mass is 16.2. The Labute approximate surface area is 676 Å². The smallest absolute Gasteiger partial charge is 0.243 e. The lowest BCUT2D eigenvalue weighted by atomic mass is 9.98. The molecule has 43 heteroatoms. The normalized spacial score (nSPS) is 14.3. The second kappa shape index (κ2) is 56.5. The van der Waals surface area contributed by atoms with Crippen molar-refractivity contribution in [1.82, 2.24) is 58.5 Å². The van der Waals surface area contributed by atoms with Crippen molar-refractivity contribution in [2.24, 2.45) is 146 Å². The first-order valence-corrected chi connectivity index (χ1v) is 39.4. The number of nitrogens with two attached hydrogens (primary N) is 14. The summed E-state index contributed by atoms with van der Waals surface area (Å²) in [5.41, 5.74) is 78.9. The summed E-state index contributed by atoms with van der Waals surface area (Å²) >= 11 is 0. The number of primary amides is 1. The lowest BCUT2D eigenvalue weighted by molar-refractivity contribution is -0.136. The van der Waals surface area contributed by atoms with Crippen molar-refractivity contribution in [2.75, 3.05) is 39.3 Å². The van der Waals surface area contributed by atoms with Crippen LogP contribution in [0.4, 0.5) is 0 Å².